The predicted molar refractivity (Wildman–Crippen MR) is 96.4 cm³/mol. The minimum atomic E-state index is -0.0785. The Morgan fingerprint density at radius 3 is 2.80 bits per heavy atom. The number of furan rings is 1. The highest BCUT2D eigenvalue weighted by Crippen LogP contribution is 2.33. The average Bonchev–Trinajstić information content (AvgIpc) is 3.27. The van der Waals surface area contributed by atoms with Crippen molar-refractivity contribution in [1.82, 2.24) is 20.0 Å². The van der Waals surface area contributed by atoms with Gasteiger partial charge in [0, 0.05) is 31.3 Å². The lowest BCUT2D eigenvalue weighted by atomic mass is 10.1. The van der Waals surface area contributed by atoms with E-state index in [1.165, 1.54) is 0 Å². The topological polar surface area (TPSA) is 63.3 Å². The van der Waals surface area contributed by atoms with Gasteiger partial charge < -0.3 is 14.6 Å². The van der Waals surface area contributed by atoms with Crippen LogP contribution in [-0.2, 0) is 13.5 Å². The maximum absolute atomic E-state index is 12.9. The van der Waals surface area contributed by atoms with E-state index in [4.69, 9.17) is 4.42 Å². The zero-order valence-electron chi connectivity index (χ0n) is 15.8. The Labute approximate surface area is 149 Å². The van der Waals surface area contributed by atoms with Gasteiger partial charge in [0.05, 0.1) is 17.8 Å². The summed E-state index contributed by atoms with van der Waals surface area (Å²) in [5.41, 5.74) is 3.14. The van der Waals surface area contributed by atoms with Crippen molar-refractivity contribution in [2.45, 2.75) is 59.0 Å². The fraction of sp³-hybridized carbons (Fsp3) is 0.579. The van der Waals surface area contributed by atoms with Crippen molar-refractivity contribution in [3.8, 4) is 0 Å². The van der Waals surface area contributed by atoms with Gasteiger partial charge in [-0.2, -0.15) is 5.10 Å². The number of urea groups is 1. The van der Waals surface area contributed by atoms with E-state index >= 15 is 0 Å². The number of carbonyl (C=O) groups excluding carboxylic acids is 1. The van der Waals surface area contributed by atoms with Crippen molar-refractivity contribution < 1.29 is 9.21 Å². The van der Waals surface area contributed by atoms with E-state index in [9.17, 15) is 4.79 Å². The van der Waals surface area contributed by atoms with Crippen molar-refractivity contribution in [1.29, 1.82) is 0 Å². The molecule has 1 aliphatic rings. The molecule has 2 amide bonds. The van der Waals surface area contributed by atoms with Gasteiger partial charge in [-0.05, 0) is 45.7 Å². The van der Waals surface area contributed by atoms with Gasteiger partial charge in [0.1, 0.15) is 11.5 Å². The second-order valence-corrected chi connectivity index (χ2v) is 6.89. The van der Waals surface area contributed by atoms with Gasteiger partial charge in [0.25, 0.3) is 0 Å². The zero-order valence-corrected chi connectivity index (χ0v) is 15.8. The van der Waals surface area contributed by atoms with Crippen molar-refractivity contribution in [3.63, 3.8) is 0 Å². The molecule has 1 aliphatic heterocycles. The first-order valence-corrected chi connectivity index (χ1v) is 9.08. The number of nitrogens with one attached hydrogen (secondary N) is 1. The number of amides is 2. The van der Waals surface area contributed by atoms with Crippen LogP contribution in [0.1, 0.15) is 67.2 Å². The third-order valence-corrected chi connectivity index (χ3v) is 5.21. The molecule has 0 unspecified atom stereocenters. The van der Waals surface area contributed by atoms with E-state index in [0.717, 1.165) is 54.3 Å². The quantitative estimate of drug-likeness (QED) is 0.917. The molecule has 1 fully saturated rings. The molecule has 2 aromatic heterocycles. The first kappa shape index (κ1) is 17.6. The summed E-state index contributed by atoms with van der Waals surface area (Å²) in [6, 6.07) is 3.93. The van der Waals surface area contributed by atoms with Gasteiger partial charge in [0.2, 0.25) is 0 Å². The number of nitrogens with zero attached hydrogens (tertiary/aromatic N) is 3. The predicted octanol–water partition coefficient (Wildman–Crippen LogP) is 3.80. The third-order valence-electron chi connectivity index (χ3n) is 5.21. The molecule has 2 atom stereocenters. The minimum Gasteiger partial charge on any atom is -0.464 e. The fourth-order valence-electron chi connectivity index (χ4n) is 3.83. The van der Waals surface area contributed by atoms with Crippen LogP contribution in [0.3, 0.4) is 0 Å². The maximum Gasteiger partial charge on any atom is 0.318 e. The van der Waals surface area contributed by atoms with Crippen molar-refractivity contribution in [2.75, 3.05) is 6.54 Å². The maximum atomic E-state index is 12.9. The summed E-state index contributed by atoms with van der Waals surface area (Å²) >= 11 is 0. The molecule has 0 radical (unpaired) electrons. The summed E-state index contributed by atoms with van der Waals surface area (Å²) in [6.07, 6.45) is 2.82. The Kier molecular flexibility index (Phi) is 4.88. The van der Waals surface area contributed by atoms with Gasteiger partial charge in [0.15, 0.2) is 0 Å². The van der Waals surface area contributed by atoms with E-state index in [2.05, 4.69) is 17.3 Å². The van der Waals surface area contributed by atoms with Crippen LogP contribution in [0.15, 0.2) is 16.5 Å². The summed E-state index contributed by atoms with van der Waals surface area (Å²) in [7, 11) is 1.93. The summed E-state index contributed by atoms with van der Waals surface area (Å²) in [5.74, 6) is 1.86. The molecule has 0 saturated carbocycles. The smallest absolute Gasteiger partial charge is 0.318 e. The number of aromatic nitrogens is 2. The van der Waals surface area contributed by atoms with Gasteiger partial charge in [-0.25, -0.2) is 4.79 Å². The fourth-order valence-corrected chi connectivity index (χ4v) is 3.83. The normalized spacial score (nSPS) is 18.6. The summed E-state index contributed by atoms with van der Waals surface area (Å²) in [4.78, 5) is 14.8. The first-order chi connectivity index (χ1) is 11.9. The van der Waals surface area contributed by atoms with Gasteiger partial charge in [-0.15, -0.1) is 0 Å². The van der Waals surface area contributed by atoms with E-state index < -0.39 is 0 Å². The van der Waals surface area contributed by atoms with E-state index in [1.54, 1.807) is 0 Å². The number of hydrogen-bond acceptors (Lipinski definition) is 3. The molecule has 1 N–H and O–H groups in total. The Morgan fingerprint density at radius 1 is 1.44 bits per heavy atom. The van der Waals surface area contributed by atoms with Crippen LogP contribution in [0.25, 0.3) is 0 Å². The SMILES string of the molecule is CCc1ccc([C@H]2CCCN2C(=O)N[C@@H](C)c2c(C)nn(C)c2C)o1. The van der Waals surface area contributed by atoms with Crippen LogP contribution in [-0.4, -0.2) is 27.3 Å². The molecule has 0 aliphatic carbocycles. The highest BCUT2D eigenvalue weighted by Gasteiger charge is 2.33. The number of rotatable bonds is 4. The molecule has 0 aromatic carbocycles. The van der Waals surface area contributed by atoms with Crippen LogP contribution in [0, 0.1) is 13.8 Å². The molecule has 25 heavy (non-hydrogen) atoms. The highest BCUT2D eigenvalue weighted by molar-refractivity contribution is 5.75. The van der Waals surface area contributed by atoms with Gasteiger partial charge in [-0.3, -0.25) is 4.68 Å². The lowest BCUT2D eigenvalue weighted by molar-refractivity contribution is 0.182. The number of carbonyl (C=O) groups is 1. The van der Waals surface area contributed by atoms with Crippen LogP contribution >= 0.6 is 0 Å². The molecule has 6 nitrogen and oxygen atoms in total. The molecule has 0 spiro atoms. The van der Waals surface area contributed by atoms with Crippen LogP contribution in [0.5, 0.6) is 0 Å². The molecule has 3 rings (SSSR count). The molecule has 3 heterocycles. The number of likely N-dealkylation sites (tertiary alicyclic amines) is 1. The Balaban J connectivity index is 1.73. The lowest BCUT2D eigenvalue weighted by Crippen LogP contribution is -2.40. The minimum absolute atomic E-state index is 0.0311. The highest BCUT2D eigenvalue weighted by atomic mass is 16.3. The molecule has 136 valence electrons. The van der Waals surface area contributed by atoms with Crippen LogP contribution < -0.4 is 5.32 Å². The second-order valence-electron chi connectivity index (χ2n) is 6.89. The lowest BCUT2D eigenvalue weighted by Gasteiger charge is -2.26. The standard InChI is InChI=1S/C19H28N4O2/c1-6-15-9-10-17(25-15)16-8-7-11-23(16)19(24)20-12(2)18-13(3)21-22(5)14(18)4/h9-10,12,16H,6-8,11H2,1-5H3,(H,20,24)/t12-,16+/m0/s1. The van der Waals surface area contributed by atoms with Crippen LogP contribution in [0.2, 0.25) is 0 Å². The molecule has 0 bridgehead atoms. The van der Waals surface area contributed by atoms with E-state index in [-0.39, 0.29) is 18.1 Å². The summed E-state index contributed by atoms with van der Waals surface area (Å²) < 4.78 is 7.76. The first-order valence-electron chi connectivity index (χ1n) is 9.08. The van der Waals surface area contributed by atoms with Crippen molar-refractivity contribution in [2.24, 2.45) is 7.05 Å². The van der Waals surface area contributed by atoms with Crippen LogP contribution in [0.4, 0.5) is 4.79 Å². The molecular weight excluding hydrogens is 316 g/mol. The van der Waals surface area contributed by atoms with E-state index in [1.807, 2.05) is 49.5 Å². The van der Waals surface area contributed by atoms with Crippen molar-refractivity contribution >= 4 is 6.03 Å². The Bertz CT molecular complexity index is 762. The van der Waals surface area contributed by atoms with E-state index in [0.29, 0.717) is 0 Å². The molecule has 1 saturated heterocycles. The molecule has 6 heteroatoms. The Hall–Kier alpha value is -2.24. The van der Waals surface area contributed by atoms with Crippen molar-refractivity contribution in [3.05, 3.63) is 40.6 Å². The molecular formula is C19H28N4O2. The summed E-state index contributed by atoms with van der Waals surface area (Å²) in [6.45, 7) is 8.87. The number of aryl methyl sites for hydroxylation is 3. The zero-order chi connectivity index (χ0) is 18.1. The average molecular weight is 344 g/mol. The largest absolute Gasteiger partial charge is 0.464 e. The monoisotopic (exact) mass is 344 g/mol. The van der Waals surface area contributed by atoms with Gasteiger partial charge >= 0.3 is 6.03 Å². The Morgan fingerprint density at radius 2 is 2.20 bits per heavy atom. The van der Waals surface area contributed by atoms with Gasteiger partial charge in [-0.1, -0.05) is 6.92 Å². The summed E-state index contributed by atoms with van der Waals surface area (Å²) in [5, 5.41) is 7.59. The second kappa shape index (κ2) is 6.94. The molecule has 2 aromatic rings. The third kappa shape index (κ3) is 3.30. The number of hydrogen-bond donors (Lipinski definition) is 1.